The van der Waals surface area contributed by atoms with Crippen molar-refractivity contribution in [1.82, 2.24) is 5.32 Å². The second-order valence-electron chi connectivity index (χ2n) is 4.47. The maximum absolute atomic E-state index is 3.80. The van der Waals surface area contributed by atoms with Crippen LogP contribution in [0.3, 0.4) is 0 Å². The zero-order chi connectivity index (χ0) is 8.55. The van der Waals surface area contributed by atoms with Crippen LogP contribution in [0.1, 0.15) is 32.6 Å². The lowest BCUT2D eigenvalue weighted by atomic mass is 9.95. The summed E-state index contributed by atoms with van der Waals surface area (Å²) in [5, 5.41) is 3.64. The molecule has 1 heteroatoms. The van der Waals surface area contributed by atoms with E-state index in [0.29, 0.717) is 6.04 Å². The minimum atomic E-state index is 0.495. The van der Waals surface area contributed by atoms with Crippen LogP contribution in [-0.4, -0.2) is 12.1 Å². The Morgan fingerprint density at radius 2 is 2.25 bits per heavy atom. The van der Waals surface area contributed by atoms with E-state index in [1.54, 1.807) is 0 Å². The zero-order valence-corrected chi connectivity index (χ0v) is 7.92. The maximum atomic E-state index is 3.80. The standard InChI is InChI=1S/C11H19N/c1-3-8(2)12-11-7-9-4-5-10(11)6-9/h3,8-12H,1,4-7H2,2H3. The Balaban J connectivity index is 1.86. The highest BCUT2D eigenvalue weighted by Gasteiger charge is 2.39. The first kappa shape index (κ1) is 8.31. The third kappa shape index (κ3) is 1.42. The minimum absolute atomic E-state index is 0.495. The predicted molar refractivity (Wildman–Crippen MR) is 52.0 cm³/mol. The quantitative estimate of drug-likeness (QED) is 0.633. The minimum Gasteiger partial charge on any atom is -0.308 e. The molecule has 12 heavy (non-hydrogen) atoms. The van der Waals surface area contributed by atoms with E-state index in [2.05, 4.69) is 18.8 Å². The highest BCUT2D eigenvalue weighted by Crippen LogP contribution is 2.44. The second kappa shape index (κ2) is 3.21. The van der Waals surface area contributed by atoms with Crippen molar-refractivity contribution in [3.63, 3.8) is 0 Å². The van der Waals surface area contributed by atoms with Gasteiger partial charge in [0.1, 0.15) is 0 Å². The van der Waals surface area contributed by atoms with Crippen molar-refractivity contribution in [1.29, 1.82) is 0 Å². The van der Waals surface area contributed by atoms with Gasteiger partial charge < -0.3 is 5.32 Å². The Morgan fingerprint density at radius 3 is 2.75 bits per heavy atom. The van der Waals surface area contributed by atoms with E-state index < -0.39 is 0 Å². The van der Waals surface area contributed by atoms with Crippen LogP contribution in [0.25, 0.3) is 0 Å². The molecule has 0 aliphatic heterocycles. The van der Waals surface area contributed by atoms with Gasteiger partial charge in [0.2, 0.25) is 0 Å². The van der Waals surface area contributed by atoms with E-state index in [1.807, 2.05) is 6.08 Å². The molecule has 0 radical (unpaired) electrons. The van der Waals surface area contributed by atoms with Crippen molar-refractivity contribution in [2.75, 3.05) is 0 Å². The van der Waals surface area contributed by atoms with Crippen LogP contribution in [0.2, 0.25) is 0 Å². The van der Waals surface area contributed by atoms with Crippen LogP contribution < -0.4 is 5.32 Å². The first-order chi connectivity index (χ1) is 5.79. The molecule has 0 amide bonds. The fraction of sp³-hybridized carbons (Fsp3) is 0.818. The predicted octanol–water partition coefficient (Wildman–Crippen LogP) is 2.34. The molecule has 2 fully saturated rings. The van der Waals surface area contributed by atoms with E-state index in [1.165, 1.54) is 25.7 Å². The lowest BCUT2D eigenvalue weighted by molar-refractivity contribution is 0.341. The highest BCUT2D eigenvalue weighted by atomic mass is 15.0. The van der Waals surface area contributed by atoms with Gasteiger partial charge in [0.25, 0.3) is 0 Å². The molecule has 2 aliphatic carbocycles. The Bertz CT molecular complexity index is 176. The first-order valence-corrected chi connectivity index (χ1v) is 5.18. The Kier molecular flexibility index (Phi) is 2.22. The topological polar surface area (TPSA) is 12.0 Å². The molecule has 1 N–H and O–H groups in total. The summed E-state index contributed by atoms with van der Waals surface area (Å²) in [6, 6.07) is 1.30. The average molecular weight is 165 g/mol. The lowest BCUT2D eigenvalue weighted by Gasteiger charge is -2.25. The van der Waals surface area contributed by atoms with Crippen molar-refractivity contribution >= 4 is 0 Å². The largest absolute Gasteiger partial charge is 0.308 e. The molecule has 4 atom stereocenters. The van der Waals surface area contributed by atoms with Crippen molar-refractivity contribution in [2.45, 2.75) is 44.7 Å². The number of fused-ring (bicyclic) bond motifs is 2. The molecular formula is C11H19N. The molecule has 0 heterocycles. The number of nitrogens with one attached hydrogen (secondary N) is 1. The van der Waals surface area contributed by atoms with Gasteiger partial charge in [0, 0.05) is 12.1 Å². The van der Waals surface area contributed by atoms with E-state index in [0.717, 1.165) is 17.9 Å². The summed E-state index contributed by atoms with van der Waals surface area (Å²) in [6.45, 7) is 6.00. The second-order valence-corrected chi connectivity index (χ2v) is 4.47. The average Bonchev–Trinajstić information content (AvgIpc) is 2.64. The summed E-state index contributed by atoms with van der Waals surface area (Å²) in [7, 11) is 0. The van der Waals surface area contributed by atoms with Gasteiger partial charge in [-0.1, -0.05) is 12.5 Å². The fourth-order valence-electron chi connectivity index (χ4n) is 2.85. The molecular weight excluding hydrogens is 146 g/mol. The molecule has 2 aliphatic rings. The van der Waals surface area contributed by atoms with Crippen molar-refractivity contribution in [3.8, 4) is 0 Å². The van der Waals surface area contributed by atoms with E-state index in [4.69, 9.17) is 0 Å². The molecule has 2 bridgehead atoms. The summed E-state index contributed by atoms with van der Waals surface area (Å²) >= 11 is 0. The van der Waals surface area contributed by atoms with E-state index in [-0.39, 0.29) is 0 Å². The molecule has 2 rings (SSSR count). The monoisotopic (exact) mass is 165 g/mol. The summed E-state index contributed by atoms with van der Waals surface area (Å²) < 4.78 is 0. The van der Waals surface area contributed by atoms with Crippen LogP contribution >= 0.6 is 0 Å². The molecule has 0 aromatic carbocycles. The van der Waals surface area contributed by atoms with Gasteiger partial charge in [0.05, 0.1) is 0 Å². The van der Waals surface area contributed by atoms with Crippen LogP contribution in [0.4, 0.5) is 0 Å². The zero-order valence-electron chi connectivity index (χ0n) is 7.92. The molecule has 0 aromatic rings. The summed E-state index contributed by atoms with van der Waals surface area (Å²) in [6.07, 6.45) is 7.87. The van der Waals surface area contributed by atoms with E-state index in [9.17, 15) is 0 Å². The summed E-state index contributed by atoms with van der Waals surface area (Å²) in [4.78, 5) is 0. The molecule has 1 nitrogen and oxygen atoms in total. The fourth-order valence-corrected chi connectivity index (χ4v) is 2.85. The third-order valence-corrected chi connectivity index (χ3v) is 3.57. The van der Waals surface area contributed by atoms with Gasteiger partial charge in [-0.25, -0.2) is 0 Å². The molecule has 68 valence electrons. The van der Waals surface area contributed by atoms with Gasteiger partial charge in [-0.3, -0.25) is 0 Å². The van der Waals surface area contributed by atoms with Crippen molar-refractivity contribution in [3.05, 3.63) is 12.7 Å². The highest BCUT2D eigenvalue weighted by molar-refractivity contribution is 4.96. The smallest absolute Gasteiger partial charge is 0.0221 e. The maximum Gasteiger partial charge on any atom is 0.0221 e. The van der Waals surface area contributed by atoms with Crippen molar-refractivity contribution in [2.24, 2.45) is 11.8 Å². The molecule has 0 spiro atoms. The van der Waals surface area contributed by atoms with Gasteiger partial charge >= 0.3 is 0 Å². The first-order valence-electron chi connectivity index (χ1n) is 5.18. The molecule has 2 saturated carbocycles. The molecule has 0 aromatic heterocycles. The number of hydrogen-bond acceptors (Lipinski definition) is 1. The van der Waals surface area contributed by atoms with Crippen LogP contribution in [0.15, 0.2) is 12.7 Å². The van der Waals surface area contributed by atoms with Crippen LogP contribution in [0.5, 0.6) is 0 Å². The summed E-state index contributed by atoms with van der Waals surface area (Å²) in [5.74, 6) is 2.03. The molecule has 0 saturated heterocycles. The number of rotatable bonds is 3. The lowest BCUT2D eigenvalue weighted by Crippen LogP contribution is -2.38. The summed E-state index contributed by atoms with van der Waals surface area (Å²) in [5.41, 5.74) is 0. The van der Waals surface area contributed by atoms with E-state index >= 15 is 0 Å². The Labute approximate surface area is 75.2 Å². The Hall–Kier alpha value is -0.300. The number of hydrogen-bond donors (Lipinski definition) is 1. The van der Waals surface area contributed by atoms with Gasteiger partial charge in [-0.15, -0.1) is 6.58 Å². The normalized spacial score (nSPS) is 41.6. The molecule has 4 unspecified atom stereocenters. The third-order valence-electron chi connectivity index (χ3n) is 3.57. The van der Waals surface area contributed by atoms with Gasteiger partial charge in [-0.05, 0) is 38.0 Å². The van der Waals surface area contributed by atoms with Crippen LogP contribution in [-0.2, 0) is 0 Å². The van der Waals surface area contributed by atoms with Crippen molar-refractivity contribution < 1.29 is 0 Å². The van der Waals surface area contributed by atoms with Gasteiger partial charge in [0.15, 0.2) is 0 Å². The SMILES string of the molecule is C=CC(C)NC1CC2CCC1C2. The Morgan fingerprint density at radius 1 is 1.42 bits per heavy atom. The van der Waals surface area contributed by atoms with Crippen LogP contribution in [0, 0.1) is 11.8 Å². The van der Waals surface area contributed by atoms with Gasteiger partial charge in [-0.2, -0.15) is 0 Å².